The second-order valence-electron chi connectivity index (χ2n) is 7.30. The fraction of sp³-hybridized carbons (Fsp3) is 0.421. The molecule has 11 heteroatoms. The Balaban J connectivity index is 2.01. The molecule has 30 heavy (non-hydrogen) atoms. The molecule has 2 heterocycles. The zero-order valence-corrected chi connectivity index (χ0v) is 18.7. The second kappa shape index (κ2) is 8.92. The van der Waals surface area contributed by atoms with Crippen LogP contribution in [0.25, 0.3) is 5.69 Å². The van der Waals surface area contributed by atoms with Gasteiger partial charge in [-0.25, -0.2) is 4.39 Å². The molecule has 2 atom stereocenters. The monoisotopic (exact) mass is 431 g/mol. The van der Waals surface area contributed by atoms with E-state index in [1.165, 1.54) is 23.9 Å². The quantitative estimate of drug-likeness (QED) is 0.566. The molecule has 0 amide bonds. The van der Waals surface area contributed by atoms with Crippen LogP contribution in [0.15, 0.2) is 29.4 Å². The molecule has 2 N–H and O–H groups in total. The van der Waals surface area contributed by atoms with E-state index in [9.17, 15) is 4.39 Å². The summed E-state index contributed by atoms with van der Waals surface area (Å²) in [6.45, 7) is 4.01. The van der Waals surface area contributed by atoms with E-state index in [0.29, 0.717) is 16.9 Å². The molecule has 0 radical (unpaired) electrons. The summed E-state index contributed by atoms with van der Waals surface area (Å²) < 4.78 is 15.4. The minimum Gasteiger partial charge on any atom is -0.368 e. The highest BCUT2D eigenvalue weighted by atomic mass is 32.2. The van der Waals surface area contributed by atoms with Gasteiger partial charge in [0, 0.05) is 19.8 Å². The van der Waals surface area contributed by atoms with Crippen molar-refractivity contribution in [1.82, 2.24) is 34.6 Å². The van der Waals surface area contributed by atoms with E-state index in [1.807, 2.05) is 51.5 Å². The maximum absolute atomic E-state index is 13.5. The van der Waals surface area contributed by atoms with Crippen molar-refractivity contribution in [3.05, 3.63) is 41.7 Å². The predicted molar refractivity (Wildman–Crippen MR) is 116 cm³/mol. The molecule has 0 fully saturated rings. The van der Waals surface area contributed by atoms with E-state index in [-0.39, 0.29) is 23.1 Å². The van der Waals surface area contributed by atoms with Crippen LogP contribution in [0.4, 0.5) is 16.3 Å². The number of halogens is 1. The zero-order valence-electron chi connectivity index (χ0n) is 17.9. The average molecular weight is 432 g/mol. The molecular formula is C19H26FN9S. The van der Waals surface area contributed by atoms with Crippen LogP contribution in [-0.2, 0) is 0 Å². The summed E-state index contributed by atoms with van der Waals surface area (Å²) in [5, 5.41) is 9.31. The smallest absolute Gasteiger partial charge is 0.229 e. The van der Waals surface area contributed by atoms with Gasteiger partial charge >= 0.3 is 0 Å². The average Bonchev–Trinajstić information content (AvgIpc) is 3.10. The van der Waals surface area contributed by atoms with Gasteiger partial charge in [0.15, 0.2) is 11.0 Å². The summed E-state index contributed by atoms with van der Waals surface area (Å²) in [6.07, 6.45) is 0. The SMILES string of the molecule is C[C@H](Sc1nnc([C@@H](C)N(C)C)n1-c1ccc(F)cc1)c1nc(N)nc(N(C)C)n1. The Morgan fingerprint density at radius 1 is 1.00 bits per heavy atom. The van der Waals surface area contributed by atoms with Crippen molar-refractivity contribution < 1.29 is 4.39 Å². The Morgan fingerprint density at radius 3 is 2.27 bits per heavy atom. The summed E-state index contributed by atoms with van der Waals surface area (Å²) in [5.41, 5.74) is 6.65. The molecule has 0 aliphatic heterocycles. The molecule has 1 aromatic carbocycles. The number of aromatic nitrogens is 6. The predicted octanol–water partition coefficient (Wildman–Crippen LogP) is 2.72. The molecule has 3 aromatic rings. The molecule has 0 unspecified atom stereocenters. The third-order valence-electron chi connectivity index (χ3n) is 4.60. The first kappa shape index (κ1) is 21.9. The molecular weight excluding hydrogens is 405 g/mol. The third kappa shape index (κ3) is 4.68. The number of hydrogen-bond donors (Lipinski definition) is 1. The lowest BCUT2D eigenvalue weighted by Crippen LogP contribution is -2.20. The number of nitrogens with two attached hydrogens (primary N) is 1. The highest BCUT2D eigenvalue weighted by molar-refractivity contribution is 7.99. The molecule has 9 nitrogen and oxygen atoms in total. The van der Waals surface area contributed by atoms with Crippen LogP contribution in [0.3, 0.4) is 0 Å². The number of anilines is 2. The fourth-order valence-corrected chi connectivity index (χ4v) is 3.60. The van der Waals surface area contributed by atoms with Crippen LogP contribution in [0.2, 0.25) is 0 Å². The van der Waals surface area contributed by atoms with Crippen LogP contribution in [0.5, 0.6) is 0 Å². The minimum atomic E-state index is -0.298. The van der Waals surface area contributed by atoms with Gasteiger partial charge in [-0.05, 0) is 52.2 Å². The fourth-order valence-electron chi connectivity index (χ4n) is 2.68. The summed E-state index contributed by atoms with van der Waals surface area (Å²) in [4.78, 5) is 16.7. The van der Waals surface area contributed by atoms with Gasteiger partial charge in [0.05, 0.1) is 11.3 Å². The third-order valence-corrected chi connectivity index (χ3v) is 5.63. The zero-order chi connectivity index (χ0) is 22.0. The highest BCUT2D eigenvalue weighted by Crippen LogP contribution is 2.35. The van der Waals surface area contributed by atoms with E-state index >= 15 is 0 Å². The first-order valence-electron chi connectivity index (χ1n) is 9.40. The van der Waals surface area contributed by atoms with Crippen LogP contribution in [-0.4, -0.2) is 62.8 Å². The topological polar surface area (TPSA) is 102 Å². The number of benzene rings is 1. The van der Waals surface area contributed by atoms with Gasteiger partial charge in [-0.2, -0.15) is 15.0 Å². The summed E-state index contributed by atoms with van der Waals surface area (Å²) >= 11 is 1.45. The normalized spacial score (nSPS) is 13.5. The van der Waals surface area contributed by atoms with Crippen LogP contribution in [0, 0.1) is 5.82 Å². The van der Waals surface area contributed by atoms with Crippen LogP contribution < -0.4 is 10.6 Å². The Labute approximate surface area is 179 Å². The van der Waals surface area contributed by atoms with E-state index in [0.717, 1.165) is 11.5 Å². The van der Waals surface area contributed by atoms with Crippen molar-refractivity contribution in [1.29, 1.82) is 0 Å². The lowest BCUT2D eigenvalue weighted by Gasteiger charge is -2.21. The molecule has 160 valence electrons. The molecule has 0 aliphatic rings. The second-order valence-corrected chi connectivity index (χ2v) is 8.61. The molecule has 3 rings (SSSR count). The van der Waals surface area contributed by atoms with Crippen LogP contribution in [0.1, 0.15) is 36.8 Å². The number of nitrogens with zero attached hydrogens (tertiary/aromatic N) is 8. The largest absolute Gasteiger partial charge is 0.368 e. The summed E-state index contributed by atoms with van der Waals surface area (Å²) in [5.74, 6) is 1.66. The van der Waals surface area contributed by atoms with Gasteiger partial charge < -0.3 is 10.6 Å². The standard InChI is InChI=1S/C19H26FN9S/c1-11(27(3)4)16-25-26-19(29(16)14-9-7-13(20)8-10-14)30-12(2)15-22-17(21)24-18(23-15)28(5)6/h7-12H,1-6H3,(H2,21,22,23,24)/t11-,12+/m1/s1. The Morgan fingerprint density at radius 2 is 1.67 bits per heavy atom. The van der Waals surface area contributed by atoms with Gasteiger partial charge in [-0.1, -0.05) is 11.8 Å². The van der Waals surface area contributed by atoms with Gasteiger partial charge in [0.2, 0.25) is 11.9 Å². The minimum absolute atomic E-state index is 0.000345. The van der Waals surface area contributed by atoms with Crippen molar-refractivity contribution in [3.8, 4) is 5.69 Å². The lowest BCUT2D eigenvalue weighted by molar-refractivity contribution is 0.305. The van der Waals surface area contributed by atoms with E-state index < -0.39 is 0 Å². The van der Waals surface area contributed by atoms with Crippen molar-refractivity contribution in [3.63, 3.8) is 0 Å². The van der Waals surface area contributed by atoms with Gasteiger partial charge in [0.1, 0.15) is 11.6 Å². The molecule has 0 bridgehead atoms. The number of hydrogen-bond acceptors (Lipinski definition) is 9. The lowest BCUT2D eigenvalue weighted by atomic mass is 10.2. The first-order chi connectivity index (χ1) is 14.2. The summed E-state index contributed by atoms with van der Waals surface area (Å²) in [7, 11) is 7.63. The van der Waals surface area contributed by atoms with Gasteiger partial charge in [-0.3, -0.25) is 9.47 Å². The Hall–Kier alpha value is -2.79. The van der Waals surface area contributed by atoms with E-state index in [4.69, 9.17) is 5.73 Å². The molecule has 0 saturated heterocycles. The molecule has 2 aromatic heterocycles. The first-order valence-corrected chi connectivity index (χ1v) is 10.3. The van der Waals surface area contributed by atoms with E-state index in [2.05, 4.69) is 25.1 Å². The maximum atomic E-state index is 13.5. The van der Waals surface area contributed by atoms with E-state index in [1.54, 1.807) is 17.0 Å². The number of thioether (sulfide) groups is 1. The molecule has 0 aliphatic carbocycles. The van der Waals surface area contributed by atoms with Crippen molar-refractivity contribution in [2.75, 3.05) is 38.8 Å². The molecule has 0 saturated carbocycles. The maximum Gasteiger partial charge on any atom is 0.229 e. The van der Waals surface area contributed by atoms with Gasteiger partial charge in [-0.15, -0.1) is 10.2 Å². The van der Waals surface area contributed by atoms with Crippen molar-refractivity contribution in [2.24, 2.45) is 0 Å². The number of rotatable bonds is 7. The van der Waals surface area contributed by atoms with Crippen molar-refractivity contribution in [2.45, 2.75) is 30.3 Å². The number of nitrogen functional groups attached to an aromatic ring is 1. The summed E-state index contributed by atoms with van der Waals surface area (Å²) in [6, 6.07) is 6.27. The highest BCUT2D eigenvalue weighted by Gasteiger charge is 2.24. The van der Waals surface area contributed by atoms with Gasteiger partial charge in [0.25, 0.3) is 0 Å². The Bertz CT molecular complexity index is 1000. The Kier molecular flexibility index (Phi) is 6.52. The van der Waals surface area contributed by atoms with Crippen LogP contribution >= 0.6 is 11.8 Å². The molecule has 0 spiro atoms. The van der Waals surface area contributed by atoms with Crippen molar-refractivity contribution >= 4 is 23.7 Å².